The summed E-state index contributed by atoms with van der Waals surface area (Å²) in [5, 5.41) is 4.68. The van der Waals surface area contributed by atoms with E-state index in [0.717, 1.165) is 52.7 Å². The molecule has 3 aliphatic heterocycles. The molecule has 3 aromatic rings. The van der Waals surface area contributed by atoms with Crippen molar-refractivity contribution in [2.75, 3.05) is 32.8 Å². The number of rotatable bonds is 2. The molecule has 0 unspecified atom stereocenters. The van der Waals surface area contributed by atoms with Crippen LogP contribution in [0.4, 0.5) is 18.0 Å². The average molecular weight is 514 g/mol. The number of hydrogen-bond donors (Lipinski definition) is 2. The molecule has 7 nitrogen and oxygen atoms in total. The lowest BCUT2D eigenvalue weighted by molar-refractivity contribution is -0.234. The predicted molar refractivity (Wildman–Crippen MR) is 133 cm³/mol. The van der Waals surface area contributed by atoms with Gasteiger partial charge in [-0.15, -0.1) is 0 Å². The van der Waals surface area contributed by atoms with Crippen LogP contribution >= 0.6 is 0 Å². The van der Waals surface area contributed by atoms with Gasteiger partial charge in [-0.3, -0.25) is 0 Å². The van der Waals surface area contributed by atoms with Crippen molar-refractivity contribution in [3.8, 4) is 11.1 Å². The van der Waals surface area contributed by atoms with E-state index in [9.17, 15) is 18.0 Å². The van der Waals surface area contributed by atoms with Gasteiger partial charge in [0, 0.05) is 49.0 Å². The molecule has 0 spiro atoms. The van der Waals surface area contributed by atoms with Crippen molar-refractivity contribution in [2.24, 2.45) is 0 Å². The summed E-state index contributed by atoms with van der Waals surface area (Å²) in [6.45, 7) is 3.45. The van der Waals surface area contributed by atoms with Gasteiger partial charge in [-0.2, -0.15) is 13.2 Å². The number of carbonyl (C=O) groups is 1. The topological polar surface area (TPSA) is 73.5 Å². The molecule has 5 heterocycles. The molecule has 2 saturated heterocycles. The molecule has 1 aromatic carbocycles. The molecular weight excluding hydrogens is 483 g/mol. The minimum atomic E-state index is -4.48. The number of urea groups is 1. The van der Waals surface area contributed by atoms with Crippen molar-refractivity contribution >= 4 is 17.1 Å². The third kappa shape index (κ3) is 4.57. The summed E-state index contributed by atoms with van der Waals surface area (Å²) in [6.07, 6.45) is 0.170. The van der Waals surface area contributed by atoms with Gasteiger partial charge in [-0.1, -0.05) is 6.07 Å². The minimum Gasteiger partial charge on any atom is -0.365 e. The minimum absolute atomic E-state index is 0.111. The number of H-pyrrole nitrogens is 1. The summed E-state index contributed by atoms with van der Waals surface area (Å²) in [6, 6.07) is 6.39. The van der Waals surface area contributed by atoms with Gasteiger partial charge in [0.15, 0.2) is 6.10 Å². The van der Waals surface area contributed by atoms with Crippen LogP contribution < -0.4 is 5.32 Å². The largest absolute Gasteiger partial charge is 0.416 e. The Morgan fingerprint density at radius 2 is 2.03 bits per heavy atom. The van der Waals surface area contributed by atoms with E-state index in [1.54, 1.807) is 4.90 Å². The van der Waals surface area contributed by atoms with Crippen LogP contribution in [0.1, 0.15) is 41.1 Å². The van der Waals surface area contributed by atoms with Gasteiger partial charge in [0.2, 0.25) is 0 Å². The molecule has 196 valence electrons. The molecule has 0 radical (unpaired) electrons. The maximum absolute atomic E-state index is 13.3. The van der Waals surface area contributed by atoms with E-state index in [2.05, 4.69) is 40.4 Å². The highest BCUT2D eigenvalue weighted by molar-refractivity contribution is 5.84. The number of nitrogens with zero attached hydrogens (tertiary/aromatic N) is 3. The van der Waals surface area contributed by atoms with Crippen LogP contribution in [-0.4, -0.2) is 70.9 Å². The fraction of sp³-hybridized carbons (Fsp3) is 0.481. The zero-order chi connectivity index (χ0) is 25.7. The standard InChI is InChI=1S/C27H30F3N5O2/c1-16-12-32-25-20(16)11-19(13-33-25)18-9-17-4-6-34(14-22(17)21(10-18)23-3-2-5-31-23)26(36)35-7-8-37-24(15-35)27(28,29)30/h9-13,23-24,31H,2-8,14-15H2,1H3,(H,32,33)/t23-,24+/m0/s1. The first-order valence-electron chi connectivity index (χ1n) is 12.8. The van der Waals surface area contributed by atoms with Gasteiger partial charge in [-0.25, -0.2) is 9.78 Å². The van der Waals surface area contributed by atoms with E-state index in [-0.39, 0.29) is 25.2 Å². The van der Waals surface area contributed by atoms with Crippen molar-refractivity contribution in [3.05, 3.63) is 52.8 Å². The Morgan fingerprint density at radius 1 is 1.16 bits per heavy atom. The van der Waals surface area contributed by atoms with E-state index in [0.29, 0.717) is 19.5 Å². The fourth-order valence-electron chi connectivity index (χ4n) is 5.80. The first-order valence-corrected chi connectivity index (χ1v) is 12.8. The molecule has 6 rings (SSSR count). The molecule has 0 aliphatic carbocycles. The zero-order valence-electron chi connectivity index (χ0n) is 20.7. The number of pyridine rings is 1. The second kappa shape index (κ2) is 9.33. The smallest absolute Gasteiger partial charge is 0.365 e. The number of amides is 2. The average Bonchev–Trinajstić information content (AvgIpc) is 3.57. The first-order chi connectivity index (χ1) is 17.8. The third-order valence-electron chi connectivity index (χ3n) is 7.86. The van der Waals surface area contributed by atoms with E-state index in [1.165, 1.54) is 16.0 Å². The molecule has 2 atom stereocenters. The monoisotopic (exact) mass is 513 g/mol. The van der Waals surface area contributed by atoms with Gasteiger partial charge in [0.1, 0.15) is 5.65 Å². The number of alkyl halides is 3. The van der Waals surface area contributed by atoms with Gasteiger partial charge < -0.3 is 24.8 Å². The van der Waals surface area contributed by atoms with E-state index >= 15 is 0 Å². The Morgan fingerprint density at radius 3 is 2.81 bits per heavy atom. The van der Waals surface area contributed by atoms with E-state index in [1.807, 2.05) is 12.4 Å². The van der Waals surface area contributed by atoms with Crippen molar-refractivity contribution in [1.82, 2.24) is 25.1 Å². The number of carbonyl (C=O) groups excluding carboxylic acids is 1. The summed E-state index contributed by atoms with van der Waals surface area (Å²) in [5.41, 5.74) is 7.61. The maximum Gasteiger partial charge on any atom is 0.416 e. The highest BCUT2D eigenvalue weighted by Crippen LogP contribution is 2.37. The third-order valence-corrected chi connectivity index (χ3v) is 7.86. The Kier molecular flexibility index (Phi) is 6.11. The molecule has 2 amide bonds. The highest BCUT2D eigenvalue weighted by atomic mass is 19.4. The number of halogens is 3. The Balaban J connectivity index is 1.31. The molecule has 37 heavy (non-hydrogen) atoms. The number of morpholine rings is 1. The molecule has 10 heteroatoms. The predicted octanol–water partition coefficient (Wildman–Crippen LogP) is 4.70. The Hall–Kier alpha value is -3.11. The fourth-order valence-corrected chi connectivity index (χ4v) is 5.80. The number of aromatic nitrogens is 2. The maximum atomic E-state index is 13.3. The second-order valence-electron chi connectivity index (χ2n) is 10.2. The number of ether oxygens (including phenoxy) is 1. The van der Waals surface area contributed by atoms with Crippen molar-refractivity contribution < 1.29 is 22.7 Å². The molecule has 2 fully saturated rings. The van der Waals surface area contributed by atoms with Gasteiger partial charge >= 0.3 is 12.2 Å². The number of benzene rings is 1. The quantitative estimate of drug-likeness (QED) is 0.521. The molecular formula is C27H30F3N5O2. The summed E-state index contributed by atoms with van der Waals surface area (Å²) in [4.78, 5) is 24.1. The van der Waals surface area contributed by atoms with Crippen LogP contribution in [0.5, 0.6) is 0 Å². The molecule has 2 aromatic heterocycles. The number of aryl methyl sites for hydroxylation is 1. The SMILES string of the molecule is Cc1c[nH]c2ncc(-c3cc4c(c([C@@H]5CCCN5)c3)CN(C(=O)N3CCO[C@@H](C(F)(F)F)C3)CC4)cc12. The van der Waals surface area contributed by atoms with Crippen LogP contribution in [0.3, 0.4) is 0 Å². The summed E-state index contributed by atoms with van der Waals surface area (Å²) >= 11 is 0. The first kappa shape index (κ1) is 24.2. The zero-order valence-corrected chi connectivity index (χ0v) is 20.7. The number of aromatic amines is 1. The van der Waals surface area contributed by atoms with Gasteiger partial charge in [-0.05, 0) is 72.7 Å². The van der Waals surface area contributed by atoms with Crippen molar-refractivity contribution in [3.63, 3.8) is 0 Å². The lowest BCUT2D eigenvalue weighted by atomic mass is 9.87. The Bertz CT molecular complexity index is 1330. The Labute approximate surface area is 213 Å². The van der Waals surface area contributed by atoms with Gasteiger partial charge in [0.25, 0.3) is 0 Å². The van der Waals surface area contributed by atoms with Crippen LogP contribution in [0.2, 0.25) is 0 Å². The normalized spacial score (nSPS) is 22.5. The number of nitrogens with one attached hydrogen (secondary N) is 2. The van der Waals surface area contributed by atoms with Crippen LogP contribution in [0, 0.1) is 6.92 Å². The summed E-state index contributed by atoms with van der Waals surface area (Å²) in [5.74, 6) is 0. The van der Waals surface area contributed by atoms with Crippen LogP contribution in [-0.2, 0) is 17.7 Å². The molecule has 3 aliphatic rings. The van der Waals surface area contributed by atoms with Crippen molar-refractivity contribution in [2.45, 2.75) is 51.1 Å². The van der Waals surface area contributed by atoms with E-state index in [4.69, 9.17) is 4.74 Å². The second-order valence-corrected chi connectivity index (χ2v) is 10.2. The lowest BCUT2D eigenvalue weighted by Crippen LogP contribution is -2.55. The van der Waals surface area contributed by atoms with Crippen LogP contribution in [0.25, 0.3) is 22.2 Å². The number of fused-ring (bicyclic) bond motifs is 2. The van der Waals surface area contributed by atoms with Crippen LogP contribution in [0.15, 0.2) is 30.6 Å². The van der Waals surface area contributed by atoms with Gasteiger partial charge in [0.05, 0.1) is 13.2 Å². The summed E-state index contributed by atoms with van der Waals surface area (Å²) in [7, 11) is 0. The molecule has 0 saturated carbocycles. The molecule has 0 bridgehead atoms. The highest BCUT2D eigenvalue weighted by Gasteiger charge is 2.45. The number of hydrogen-bond acceptors (Lipinski definition) is 4. The lowest BCUT2D eigenvalue weighted by Gasteiger charge is -2.39. The van der Waals surface area contributed by atoms with E-state index < -0.39 is 18.8 Å². The van der Waals surface area contributed by atoms with Crippen molar-refractivity contribution in [1.29, 1.82) is 0 Å². The molecule has 2 N–H and O–H groups in total. The summed E-state index contributed by atoms with van der Waals surface area (Å²) < 4.78 is 44.5.